The van der Waals surface area contributed by atoms with Gasteiger partial charge in [0.25, 0.3) is 5.91 Å². The Balaban J connectivity index is 0.734. The van der Waals surface area contributed by atoms with Crippen LogP contribution in [0.5, 0.6) is 0 Å². The molecule has 3 atom stereocenters. The van der Waals surface area contributed by atoms with Gasteiger partial charge in [0.15, 0.2) is 17.2 Å². The molecule has 2 aromatic carbocycles. The van der Waals surface area contributed by atoms with Crippen LogP contribution in [-0.2, 0) is 23.1 Å². The van der Waals surface area contributed by atoms with Gasteiger partial charge in [-0.15, -0.1) is 5.10 Å². The van der Waals surface area contributed by atoms with Gasteiger partial charge < -0.3 is 25.3 Å². The fourth-order valence-corrected chi connectivity index (χ4v) is 10.5. The van der Waals surface area contributed by atoms with Gasteiger partial charge in [-0.05, 0) is 67.5 Å². The van der Waals surface area contributed by atoms with Gasteiger partial charge in [0, 0.05) is 108 Å². The number of anilines is 5. The summed E-state index contributed by atoms with van der Waals surface area (Å²) in [5.41, 5.74) is 9.23. The van der Waals surface area contributed by atoms with Gasteiger partial charge in [0.1, 0.15) is 12.2 Å². The lowest BCUT2D eigenvalue weighted by Crippen LogP contribution is -2.49. The Bertz CT molecular complexity index is 2930. The van der Waals surface area contributed by atoms with Crippen LogP contribution in [0.15, 0.2) is 71.8 Å². The van der Waals surface area contributed by atoms with Crippen LogP contribution in [0, 0.1) is 5.92 Å². The topological polar surface area (TPSA) is 170 Å². The van der Waals surface area contributed by atoms with Gasteiger partial charge in [0.2, 0.25) is 11.8 Å². The fourth-order valence-electron chi connectivity index (χ4n) is 10.5. The third-order valence-electron chi connectivity index (χ3n) is 14.1. The van der Waals surface area contributed by atoms with Gasteiger partial charge in [-0.25, -0.2) is 18.7 Å². The van der Waals surface area contributed by atoms with Crippen LogP contribution in [0.4, 0.5) is 33.0 Å². The first kappa shape index (κ1) is 40.9. The third-order valence-corrected chi connectivity index (χ3v) is 14.1. The number of rotatable bonds is 10. The highest BCUT2D eigenvalue weighted by Crippen LogP contribution is 2.41. The number of piperazine rings is 1. The van der Waals surface area contributed by atoms with Crippen molar-refractivity contribution in [3.63, 3.8) is 0 Å². The van der Waals surface area contributed by atoms with E-state index in [9.17, 15) is 23.6 Å². The number of aryl methyl sites for hydroxylation is 1. The number of nitrogens with one attached hydrogen (secondary N) is 3. The summed E-state index contributed by atoms with van der Waals surface area (Å²) in [7, 11) is 3.58. The van der Waals surface area contributed by atoms with Crippen molar-refractivity contribution in [2.75, 3.05) is 79.4 Å². The number of imidazole rings is 2. The zero-order chi connectivity index (χ0) is 44.5. The summed E-state index contributed by atoms with van der Waals surface area (Å²) < 4.78 is 18.4. The number of hydrogen-bond donors (Lipinski definition) is 3. The Hall–Kier alpha value is -6.82. The van der Waals surface area contributed by atoms with E-state index >= 15 is 0 Å². The molecule has 5 aliphatic rings. The number of carbonyl (C=O) groups excluding carboxylic acids is 3. The highest BCUT2D eigenvalue weighted by atomic mass is 19.1. The largest absolute Gasteiger partial charge is 0.385 e. The van der Waals surface area contributed by atoms with Crippen molar-refractivity contribution in [3.05, 3.63) is 88.7 Å². The second-order valence-corrected chi connectivity index (χ2v) is 18.0. The lowest BCUT2D eigenvalue weighted by molar-refractivity contribution is -0.135. The molecule has 11 rings (SSSR count). The number of nitrogens with zero attached hydrogens (tertiary/aromatic N) is 10. The van der Waals surface area contributed by atoms with Crippen LogP contribution >= 0.6 is 0 Å². The zero-order valence-electron chi connectivity index (χ0n) is 36.5. The van der Waals surface area contributed by atoms with Gasteiger partial charge >= 0.3 is 5.69 Å². The number of halogens is 1. The summed E-state index contributed by atoms with van der Waals surface area (Å²) >= 11 is 0. The molecule has 6 aromatic rings. The maximum absolute atomic E-state index is 13.6. The molecule has 3 saturated heterocycles. The zero-order valence-corrected chi connectivity index (χ0v) is 36.5. The Morgan fingerprint density at radius 1 is 0.892 bits per heavy atom. The summed E-state index contributed by atoms with van der Waals surface area (Å²) in [6.45, 7) is 7.34. The Morgan fingerprint density at radius 2 is 1.68 bits per heavy atom. The minimum absolute atomic E-state index is 0.214. The molecule has 1 aliphatic carbocycles. The van der Waals surface area contributed by atoms with Crippen LogP contribution in [0.2, 0.25) is 0 Å². The van der Waals surface area contributed by atoms with Crippen molar-refractivity contribution in [2.45, 2.75) is 56.8 Å². The van der Waals surface area contributed by atoms with Crippen molar-refractivity contribution in [2.24, 2.45) is 13.0 Å². The van der Waals surface area contributed by atoms with Gasteiger partial charge in [-0.2, -0.15) is 0 Å². The maximum Gasteiger partial charge on any atom is 0.329 e. The number of benzene rings is 2. The molecule has 3 amide bonds. The highest BCUT2D eigenvalue weighted by Gasteiger charge is 2.39. The minimum atomic E-state index is -1.01. The summed E-state index contributed by atoms with van der Waals surface area (Å²) in [6, 6.07) is 17.3. The SMILES string of the molecule is CNc1cc(N2CCc3c(-c4cc(N5CCN(CC6CCN(c7cccc8c7n(C)c(=O)n8C7CCC(=O)NC7=O)CC6)CC5)ccn4)cccc32)nn2c(C(=O)NC3CC3F)cnc12. The molecule has 1 saturated carbocycles. The number of hydrogen-bond acceptors (Lipinski definition) is 12. The van der Waals surface area contributed by atoms with E-state index in [4.69, 9.17) is 10.1 Å². The van der Waals surface area contributed by atoms with Gasteiger partial charge in [-0.1, -0.05) is 18.2 Å². The lowest BCUT2D eigenvalue weighted by Gasteiger charge is -2.40. The molecular formula is C47H52FN13O4. The van der Waals surface area contributed by atoms with Crippen molar-refractivity contribution in [1.29, 1.82) is 0 Å². The Morgan fingerprint density at radius 3 is 2.45 bits per heavy atom. The van der Waals surface area contributed by atoms with Crippen LogP contribution in [0.25, 0.3) is 27.9 Å². The molecule has 17 nitrogen and oxygen atoms in total. The smallest absolute Gasteiger partial charge is 0.329 e. The maximum atomic E-state index is 13.6. The molecule has 65 heavy (non-hydrogen) atoms. The van der Waals surface area contributed by atoms with E-state index in [0.29, 0.717) is 36.8 Å². The molecule has 0 bridgehead atoms. The van der Waals surface area contributed by atoms with Gasteiger partial charge in [-0.3, -0.25) is 38.7 Å². The number of carbonyl (C=O) groups is 3. The number of piperidine rings is 2. The van der Waals surface area contributed by atoms with E-state index in [1.165, 1.54) is 11.8 Å². The summed E-state index contributed by atoms with van der Waals surface area (Å²) in [5, 5.41) is 13.3. The van der Waals surface area contributed by atoms with Crippen molar-refractivity contribution in [3.8, 4) is 11.3 Å². The van der Waals surface area contributed by atoms with Crippen molar-refractivity contribution in [1.82, 2.24) is 44.2 Å². The van der Waals surface area contributed by atoms with E-state index in [2.05, 4.69) is 76.9 Å². The molecule has 0 spiro atoms. The molecule has 18 heteroatoms. The van der Waals surface area contributed by atoms with Gasteiger partial charge in [0.05, 0.1) is 40.3 Å². The van der Waals surface area contributed by atoms with E-state index in [1.54, 1.807) is 20.7 Å². The number of imide groups is 1. The highest BCUT2D eigenvalue weighted by molar-refractivity contribution is 6.00. The van der Waals surface area contributed by atoms with Crippen molar-refractivity contribution < 1.29 is 18.8 Å². The number of alkyl halides is 1. The molecule has 8 heterocycles. The molecule has 4 aromatic heterocycles. The predicted molar refractivity (Wildman–Crippen MR) is 246 cm³/mol. The second kappa shape index (κ2) is 16.3. The van der Waals surface area contributed by atoms with E-state index in [0.717, 1.165) is 110 Å². The number of para-hydroxylation sites is 1. The molecular weight excluding hydrogens is 830 g/mol. The van der Waals surface area contributed by atoms with Crippen LogP contribution < -0.4 is 36.3 Å². The summed E-state index contributed by atoms with van der Waals surface area (Å²) in [6.07, 6.45) is 6.15. The molecule has 3 unspecified atom stereocenters. The standard InChI is InChI=1S/C47H52FN13O4/c1-49-35-25-41(54-61-40(26-51-44(35)61)46(64)52-34-24-32(34)48)59-18-14-31-30(5-3-6-36(31)59)33-23-29(11-15-50-33)57-21-19-56(20-22-57)27-28-12-16-58(17-13-28)37-7-4-8-38-43(37)55(2)47(65)60(38)39-9-10-42(62)53-45(39)63/h3-8,11,15,23,25-26,28,32,34,39,49H,9-10,12-14,16-22,24,27H2,1-2H3,(H,52,64)(H,53,62,63). The lowest BCUT2D eigenvalue weighted by atomic mass is 9.95. The van der Waals surface area contributed by atoms with Crippen LogP contribution in [-0.4, -0.2) is 123 Å². The van der Waals surface area contributed by atoms with Crippen molar-refractivity contribution >= 4 is 63.0 Å². The third kappa shape index (κ3) is 7.32. The second-order valence-electron chi connectivity index (χ2n) is 18.0. The number of pyridine rings is 1. The monoisotopic (exact) mass is 881 g/mol. The Labute approximate surface area is 374 Å². The van der Waals surface area contributed by atoms with Crippen LogP contribution in [0.1, 0.15) is 54.2 Å². The summed E-state index contributed by atoms with van der Waals surface area (Å²) in [5.74, 6) is 0.132. The van der Waals surface area contributed by atoms with Crippen LogP contribution in [0.3, 0.4) is 0 Å². The fraction of sp³-hybridized carbons (Fsp3) is 0.426. The quantitative estimate of drug-likeness (QED) is 0.169. The van der Waals surface area contributed by atoms with E-state index in [-0.39, 0.29) is 23.7 Å². The molecule has 4 aliphatic heterocycles. The normalized spacial score (nSPS) is 21.6. The molecule has 3 N–H and O–H groups in total. The average molecular weight is 882 g/mol. The average Bonchev–Trinajstić information content (AvgIpc) is 3.60. The first-order valence-electron chi connectivity index (χ1n) is 22.8. The minimum Gasteiger partial charge on any atom is -0.385 e. The molecule has 336 valence electrons. The van der Waals surface area contributed by atoms with E-state index in [1.807, 2.05) is 31.4 Å². The van der Waals surface area contributed by atoms with E-state index < -0.39 is 30.1 Å². The molecule has 0 radical (unpaired) electrons. The first-order chi connectivity index (χ1) is 31.6. The number of fused-ring (bicyclic) bond motifs is 3. The Kier molecular flexibility index (Phi) is 10.3. The summed E-state index contributed by atoms with van der Waals surface area (Å²) in [4.78, 5) is 70.1. The molecule has 4 fully saturated rings. The number of aromatic nitrogens is 6. The first-order valence-corrected chi connectivity index (χ1v) is 22.8. The number of amides is 3. The predicted octanol–water partition coefficient (Wildman–Crippen LogP) is 4.04.